The summed E-state index contributed by atoms with van der Waals surface area (Å²) in [6.45, 7) is 7.68. The van der Waals surface area contributed by atoms with Gasteiger partial charge in [0.2, 0.25) is 0 Å². The van der Waals surface area contributed by atoms with Crippen molar-refractivity contribution in [2.75, 3.05) is 26.2 Å². The second kappa shape index (κ2) is 7.53. The van der Waals surface area contributed by atoms with E-state index in [-0.39, 0.29) is 5.91 Å². The fraction of sp³-hybridized carbons (Fsp3) is 0.421. The molecule has 5 heteroatoms. The molecule has 1 amide bonds. The van der Waals surface area contributed by atoms with Crippen LogP contribution in [0.3, 0.4) is 0 Å². The minimum atomic E-state index is -0.121. The highest BCUT2D eigenvalue weighted by Crippen LogP contribution is 2.18. The van der Waals surface area contributed by atoms with E-state index in [9.17, 15) is 4.79 Å². The predicted molar refractivity (Wildman–Crippen MR) is 92.7 cm³/mol. The monoisotopic (exact) mass is 328 g/mol. The number of nitrogens with one attached hydrogen (secondary N) is 1. The molecule has 5 nitrogen and oxygen atoms in total. The molecule has 128 valence electrons. The molecule has 1 saturated heterocycles. The highest BCUT2D eigenvalue weighted by molar-refractivity contribution is 5.92. The molecule has 3 rings (SSSR count). The first-order valence-electron chi connectivity index (χ1n) is 8.37. The molecule has 1 fully saturated rings. The summed E-state index contributed by atoms with van der Waals surface area (Å²) in [6.07, 6.45) is 6.42. The molecule has 24 heavy (non-hydrogen) atoms. The van der Waals surface area contributed by atoms with Crippen molar-refractivity contribution in [1.82, 2.24) is 10.2 Å². The van der Waals surface area contributed by atoms with Crippen molar-refractivity contribution in [2.45, 2.75) is 20.3 Å². The molecule has 3 heterocycles. The maximum atomic E-state index is 12.1. The maximum Gasteiger partial charge on any atom is 0.287 e. The Labute approximate surface area is 142 Å². The average Bonchev–Trinajstić information content (AvgIpc) is 3.27. The summed E-state index contributed by atoms with van der Waals surface area (Å²) in [4.78, 5) is 14.5. The Morgan fingerprint density at radius 1 is 1.38 bits per heavy atom. The smallest absolute Gasteiger partial charge is 0.287 e. The Hall–Kier alpha value is -2.27. The van der Waals surface area contributed by atoms with Crippen LogP contribution >= 0.6 is 0 Å². The standard InChI is InChI=1S/C19H24N2O3/c1-14(10-17-4-3-8-23-17)12-21-7-5-16(13-21)11-20-19(22)18-15(2)6-9-24-18/h3-4,6,8-10,16H,5,7,11-13H2,1-2H3,(H,20,22)/b14-10+/t16-/m0/s1. The van der Waals surface area contributed by atoms with Gasteiger partial charge in [-0.3, -0.25) is 9.69 Å². The first-order valence-corrected chi connectivity index (χ1v) is 8.37. The first kappa shape index (κ1) is 16.6. The van der Waals surface area contributed by atoms with Gasteiger partial charge in [-0.1, -0.05) is 5.57 Å². The molecule has 0 bridgehead atoms. The van der Waals surface area contributed by atoms with Crippen LogP contribution in [-0.2, 0) is 0 Å². The van der Waals surface area contributed by atoms with Crippen LogP contribution in [0.5, 0.6) is 0 Å². The van der Waals surface area contributed by atoms with Crippen LogP contribution in [0.15, 0.2) is 45.1 Å². The molecule has 2 aromatic heterocycles. The van der Waals surface area contributed by atoms with Crippen LogP contribution in [0.1, 0.15) is 35.2 Å². The third-order valence-electron chi connectivity index (χ3n) is 4.39. The minimum absolute atomic E-state index is 0.121. The predicted octanol–water partition coefficient (Wildman–Crippen LogP) is 3.34. The first-order chi connectivity index (χ1) is 11.6. The van der Waals surface area contributed by atoms with Gasteiger partial charge in [0, 0.05) is 25.2 Å². The van der Waals surface area contributed by atoms with Gasteiger partial charge < -0.3 is 14.2 Å². The number of amides is 1. The lowest BCUT2D eigenvalue weighted by atomic mass is 10.1. The van der Waals surface area contributed by atoms with Crippen molar-refractivity contribution in [3.8, 4) is 0 Å². The lowest BCUT2D eigenvalue weighted by molar-refractivity contribution is 0.0919. The van der Waals surface area contributed by atoms with Crippen LogP contribution in [0.4, 0.5) is 0 Å². The van der Waals surface area contributed by atoms with Crippen molar-refractivity contribution in [3.05, 3.63) is 53.4 Å². The molecule has 1 aliphatic heterocycles. The second-order valence-electron chi connectivity index (χ2n) is 6.54. The van der Waals surface area contributed by atoms with Gasteiger partial charge in [-0.15, -0.1) is 0 Å². The minimum Gasteiger partial charge on any atom is -0.465 e. The fourth-order valence-electron chi connectivity index (χ4n) is 3.16. The quantitative estimate of drug-likeness (QED) is 0.883. The van der Waals surface area contributed by atoms with Gasteiger partial charge in [0.15, 0.2) is 5.76 Å². The number of carbonyl (C=O) groups is 1. The lowest BCUT2D eigenvalue weighted by Crippen LogP contribution is -2.31. The van der Waals surface area contributed by atoms with Gasteiger partial charge in [0.1, 0.15) is 5.76 Å². The highest BCUT2D eigenvalue weighted by atomic mass is 16.3. The lowest BCUT2D eigenvalue weighted by Gasteiger charge is -2.16. The normalized spacial score (nSPS) is 18.9. The third kappa shape index (κ3) is 4.17. The number of furan rings is 2. The van der Waals surface area contributed by atoms with Gasteiger partial charge >= 0.3 is 0 Å². The van der Waals surface area contributed by atoms with Crippen LogP contribution in [0, 0.1) is 12.8 Å². The molecule has 0 unspecified atom stereocenters. The second-order valence-corrected chi connectivity index (χ2v) is 6.54. The van der Waals surface area contributed by atoms with Crippen molar-refractivity contribution >= 4 is 12.0 Å². The molecule has 0 spiro atoms. The van der Waals surface area contributed by atoms with E-state index in [1.54, 1.807) is 18.6 Å². The fourth-order valence-corrected chi connectivity index (χ4v) is 3.16. The number of rotatable bonds is 6. The van der Waals surface area contributed by atoms with E-state index in [4.69, 9.17) is 8.83 Å². The molecule has 0 aromatic carbocycles. The number of nitrogens with zero attached hydrogens (tertiary/aromatic N) is 1. The molecule has 0 saturated carbocycles. The SMILES string of the molecule is C/C(=C\c1ccco1)CN1CC[C@@H](CNC(=O)c2occc2C)C1. The Bertz CT molecular complexity index is 700. The number of likely N-dealkylation sites (tertiary alicyclic amines) is 1. The van der Waals surface area contributed by atoms with Crippen molar-refractivity contribution in [1.29, 1.82) is 0 Å². The van der Waals surface area contributed by atoms with E-state index in [1.807, 2.05) is 19.1 Å². The molecule has 2 aromatic rings. The van der Waals surface area contributed by atoms with Crippen LogP contribution in [0.2, 0.25) is 0 Å². The van der Waals surface area contributed by atoms with Crippen LogP contribution in [0.25, 0.3) is 6.08 Å². The molecule has 1 N–H and O–H groups in total. The molecule has 1 atom stereocenters. The van der Waals surface area contributed by atoms with E-state index in [1.165, 1.54) is 5.57 Å². The summed E-state index contributed by atoms with van der Waals surface area (Å²) in [5.74, 6) is 1.68. The summed E-state index contributed by atoms with van der Waals surface area (Å²) in [7, 11) is 0. The average molecular weight is 328 g/mol. The van der Waals surface area contributed by atoms with Gasteiger partial charge in [-0.05, 0) is 57.0 Å². The third-order valence-corrected chi connectivity index (χ3v) is 4.39. The van der Waals surface area contributed by atoms with E-state index >= 15 is 0 Å². The van der Waals surface area contributed by atoms with Crippen molar-refractivity contribution in [2.24, 2.45) is 5.92 Å². The van der Waals surface area contributed by atoms with E-state index in [2.05, 4.69) is 23.2 Å². The Morgan fingerprint density at radius 3 is 2.96 bits per heavy atom. The number of carbonyl (C=O) groups excluding carboxylic acids is 1. The number of hydrogen-bond donors (Lipinski definition) is 1. The Kier molecular flexibility index (Phi) is 5.20. The molecule has 0 radical (unpaired) electrons. The summed E-state index contributed by atoms with van der Waals surface area (Å²) in [6, 6.07) is 5.66. The van der Waals surface area contributed by atoms with Crippen molar-refractivity contribution < 1.29 is 13.6 Å². The summed E-state index contributed by atoms with van der Waals surface area (Å²) in [5, 5.41) is 2.99. The number of hydrogen-bond acceptors (Lipinski definition) is 4. The van der Waals surface area contributed by atoms with Crippen LogP contribution < -0.4 is 5.32 Å². The zero-order valence-electron chi connectivity index (χ0n) is 14.2. The van der Waals surface area contributed by atoms with Gasteiger partial charge in [0.05, 0.1) is 12.5 Å². The van der Waals surface area contributed by atoms with Gasteiger partial charge in [0.25, 0.3) is 5.91 Å². The molecule has 0 aliphatic carbocycles. The topological polar surface area (TPSA) is 58.6 Å². The molecular weight excluding hydrogens is 304 g/mol. The zero-order valence-corrected chi connectivity index (χ0v) is 14.2. The van der Waals surface area contributed by atoms with Crippen LogP contribution in [-0.4, -0.2) is 37.0 Å². The number of aryl methyl sites for hydroxylation is 1. The van der Waals surface area contributed by atoms with Crippen molar-refractivity contribution in [3.63, 3.8) is 0 Å². The van der Waals surface area contributed by atoms with Gasteiger partial charge in [-0.2, -0.15) is 0 Å². The Balaban J connectivity index is 1.44. The van der Waals surface area contributed by atoms with E-state index in [0.717, 1.165) is 37.4 Å². The van der Waals surface area contributed by atoms with E-state index < -0.39 is 0 Å². The molecular formula is C19H24N2O3. The Morgan fingerprint density at radius 2 is 2.25 bits per heavy atom. The summed E-state index contributed by atoms with van der Waals surface area (Å²) in [5.41, 5.74) is 2.15. The largest absolute Gasteiger partial charge is 0.465 e. The summed E-state index contributed by atoms with van der Waals surface area (Å²) < 4.78 is 10.6. The van der Waals surface area contributed by atoms with Gasteiger partial charge in [-0.25, -0.2) is 0 Å². The molecule has 1 aliphatic rings. The summed E-state index contributed by atoms with van der Waals surface area (Å²) >= 11 is 0. The van der Waals surface area contributed by atoms with E-state index in [0.29, 0.717) is 18.2 Å². The highest BCUT2D eigenvalue weighted by Gasteiger charge is 2.23. The zero-order chi connectivity index (χ0) is 16.9. The maximum absolute atomic E-state index is 12.1.